The number of carbonyl (C=O) groups is 1. The third-order valence-electron chi connectivity index (χ3n) is 3.42. The lowest BCUT2D eigenvalue weighted by atomic mass is 10.2. The van der Waals surface area contributed by atoms with Crippen LogP contribution in [0.15, 0.2) is 40.9 Å². The van der Waals surface area contributed by atoms with E-state index in [0.717, 1.165) is 12.0 Å². The smallest absolute Gasteiger partial charge is 0.238 e. The molecule has 0 aliphatic heterocycles. The van der Waals surface area contributed by atoms with E-state index >= 15 is 0 Å². The van der Waals surface area contributed by atoms with Crippen molar-refractivity contribution in [3.63, 3.8) is 0 Å². The number of hydrogen-bond acceptors (Lipinski definition) is 5. The van der Waals surface area contributed by atoms with Gasteiger partial charge in [0.1, 0.15) is 5.25 Å². The minimum atomic E-state index is -3.65. The molecule has 2 aromatic rings. The van der Waals surface area contributed by atoms with Gasteiger partial charge in [-0.15, -0.1) is 0 Å². The van der Waals surface area contributed by atoms with Crippen LogP contribution in [0.2, 0.25) is 0 Å². The number of amides is 1. The Kier molecular flexibility index (Phi) is 5.54. The van der Waals surface area contributed by atoms with Gasteiger partial charge >= 0.3 is 0 Å². The van der Waals surface area contributed by atoms with Gasteiger partial charge in [0.2, 0.25) is 5.91 Å². The number of rotatable bonds is 7. The maximum atomic E-state index is 12.3. The average Bonchev–Trinajstić information content (AvgIpc) is 3.00. The van der Waals surface area contributed by atoms with Crippen LogP contribution in [-0.4, -0.2) is 31.3 Å². The van der Waals surface area contributed by atoms with Crippen LogP contribution in [0.3, 0.4) is 0 Å². The first kappa shape index (κ1) is 17.2. The maximum Gasteiger partial charge on any atom is 0.238 e. The van der Waals surface area contributed by atoms with E-state index in [4.69, 9.17) is 4.52 Å². The van der Waals surface area contributed by atoms with Crippen molar-refractivity contribution < 1.29 is 17.7 Å². The molecule has 0 bridgehead atoms. The molecular weight excluding hydrogens is 316 g/mol. The fourth-order valence-corrected chi connectivity index (χ4v) is 3.21. The largest absolute Gasteiger partial charge is 0.356 e. The number of carbonyl (C=O) groups excluding carboxylic acids is 1. The van der Waals surface area contributed by atoms with Gasteiger partial charge in [-0.3, -0.25) is 4.79 Å². The molecule has 1 aromatic carbocycles. The summed E-state index contributed by atoms with van der Waals surface area (Å²) >= 11 is 0. The predicted octanol–water partition coefficient (Wildman–Crippen LogP) is 2.17. The topological polar surface area (TPSA) is 89.3 Å². The number of nitrogens with zero attached hydrogens (tertiary/aromatic N) is 1. The SMILES string of the molecule is CCCNC(=O)[C@H](C)S(=O)(=O)Cc1cc(-c2ccccc2)on1. The van der Waals surface area contributed by atoms with E-state index in [0.29, 0.717) is 18.0 Å². The summed E-state index contributed by atoms with van der Waals surface area (Å²) in [6, 6.07) is 10.9. The maximum absolute atomic E-state index is 12.3. The number of benzene rings is 1. The summed E-state index contributed by atoms with van der Waals surface area (Å²) < 4.78 is 29.8. The van der Waals surface area contributed by atoms with Crippen LogP contribution in [0, 0.1) is 0 Å². The highest BCUT2D eigenvalue weighted by Crippen LogP contribution is 2.21. The summed E-state index contributed by atoms with van der Waals surface area (Å²) in [5.74, 6) is -0.318. The summed E-state index contributed by atoms with van der Waals surface area (Å²) in [5.41, 5.74) is 1.11. The Morgan fingerprint density at radius 3 is 2.65 bits per heavy atom. The van der Waals surface area contributed by atoms with Crippen molar-refractivity contribution in [1.29, 1.82) is 0 Å². The molecule has 0 spiro atoms. The molecular formula is C16H20N2O4S. The summed E-state index contributed by atoms with van der Waals surface area (Å²) in [5, 5.41) is 5.27. The Balaban J connectivity index is 2.09. The van der Waals surface area contributed by atoms with E-state index in [-0.39, 0.29) is 5.75 Å². The molecule has 124 valence electrons. The molecule has 0 radical (unpaired) electrons. The number of nitrogens with one attached hydrogen (secondary N) is 1. The van der Waals surface area contributed by atoms with Crippen molar-refractivity contribution in [2.75, 3.05) is 6.54 Å². The Morgan fingerprint density at radius 1 is 1.30 bits per heavy atom. The monoisotopic (exact) mass is 336 g/mol. The van der Waals surface area contributed by atoms with Crippen LogP contribution in [0.25, 0.3) is 11.3 Å². The van der Waals surface area contributed by atoms with Crippen LogP contribution < -0.4 is 5.32 Å². The summed E-state index contributed by atoms with van der Waals surface area (Å²) in [4.78, 5) is 11.8. The highest BCUT2D eigenvalue weighted by atomic mass is 32.2. The van der Waals surface area contributed by atoms with Gasteiger partial charge < -0.3 is 9.84 Å². The molecule has 0 saturated carbocycles. The lowest BCUT2D eigenvalue weighted by molar-refractivity contribution is -0.120. The Hall–Kier alpha value is -2.15. The quantitative estimate of drug-likeness (QED) is 0.837. The van der Waals surface area contributed by atoms with Gasteiger partial charge in [0.15, 0.2) is 15.6 Å². The lowest BCUT2D eigenvalue weighted by Gasteiger charge is -2.11. The molecule has 1 heterocycles. The Bertz CT molecular complexity index is 753. The molecule has 0 aliphatic rings. The van der Waals surface area contributed by atoms with E-state index in [1.165, 1.54) is 6.92 Å². The molecule has 0 unspecified atom stereocenters. The van der Waals surface area contributed by atoms with E-state index in [2.05, 4.69) is 10.5 Å². The third kappa shape index (κ3) is 4.41. The van der Waals surface area contributed by atoms with Crippen molar-refractivity contribution >= 4 is 15.7 Å². The zero-order valence-corrected chi connectivity index (χ0v) is 14.0. The van der Waals surface area contributed by atoms with Gasteiger partial charge in [-0.1, -0.05) is 42.4 Å². The van der Waals surface area contributed by atoms with Crippen molar-refractivity contribution in [2.45, 2.75) is 31.3 Å². The van der Waals surface area contributed by atoms with E-state index in [9.17, 15) is 13.2 Å². The van der Waals surface area contributed by atoms with Crippen LogP contribution in [0.1, 0.15) is 26.0 Å². The van der Waals surface area contributed by atoms with E-state index in [1.807, 2.05) is 37.3 Å². The Labute approximate surface area is 135 Å². The molecule has 2 rings (SSSR count). The summed E-state index contributed by atoms with van der Waals surface area (Å²) in [6.07, 6.45) is 0.752. The molecule has 6 nitrogen and oxygen atoms in total. The molecule has 0 aliphatic carbocycles. The Morgan fingerprint density at radius 2 is 2.00 bits per heavy atom. The lowest BCUT2D eigenvalue weighted by Crippen LogP contribution is -2.38. The van der Waals surface area contributed by atoms with Crippen molar-refractivity contribution in [3.05, 3.63) is 42.1 Å². The molecule has 0 fully saturated rings. The third-order valence-corrected chi connectivity index (χ3v) is 5.41. The van der Waals surface area contributed by atoms with Crippen LogP contribution in [0.5, 0.6) is 0 Å². The van der Waals surface area contributed by atoms with Crippen molar-refractivity contribution in [3.8, 4) is 11.3 Å². The second-order valence-electron chi connectivity index (χ2n) is 5.29. The number of sulfone groups is 1. The molecule has 1 aromatic heterocycles. The molecule has 1 atom stereocenters. The zero-order chi connectivity index (χ0) is 16.9. The van der Waals surface area contributed by atoms with Gasteiger partial charge in [0.25, 0.3) is 0 Å². The zero-order valence-electron chi connectivity index (χ0n) is 13.2. The average molecular weight is 336 g/mol. The fraction of sp³-hybridized carbons (Fsp3) is 0.375. The first-order chi connectivity index (χ1) is 10.9. The molecule has 1 amide bonds. The summed E-state index contributed by atoms with van der Waals surface area (Å²) in [7, 11) is -3.65. The van der Waals surface area contributed by atoms with Crippen molar-refractivity contribution in [2.24, 2.45) is 0 Å². The fourth-order valence-electron chi connectivity index (χ4n) is 2.00. The highest BCUT2D eigenvalue weighted by Gasteiger charge is 2.29. The standard InChI is InChI=1S/C16H20N2O4S/c1-3-9-17-16(19)12(2)23(20,21)11-14-10-15(22-18-14)13-7-5-4-6-8-13/h4-8,10,12H,3,9,11H2,1-2H3,(H,17,19)/t12-/m0/s1. The molecule has 23 heavy (non-hydrogen) atoms. The van der Waals surface area contributed by atoms with Crippen LogP contribution in [0.4, 0.5) is 0 Å². The van der Waals surface area contributed by atoms with E-state index < -0.39 is 21.0 Å². The van der Waals surface area contributed by atoms with Gasteiger partial charge in [-0.2, -0.15) is 0 Å². The normalized spacial score (nSPS) is 12.8. The number of aromatic nitrogens is 1. The predicted molar refractivity (Wildman–Crippen MR) is 87.3 cm³/mol. The second-order valence-corrected chi connectivity index (χ2v) is 7.61. The number of hydrogen-bond donors (Lipinski definition) is 1. The minimum Gasteiger partial charge on any atom is -0.356 e. The first-order valence-corrected chi connectivity index (χ1v) is 9.16. The second kappa shape index (κ2) is 7.41. The van der Waals surface area contributed by atoms with Gasteiger partial charge in [-0.05, 0) is 13.3 Å². The summed E-state index contributed by atoms with van der Waals surface area (Å²) in [6.45, 7) is 3.75. The van der Waals surface area contributed by atoms with Crippen LogP contribution >= 0.6 is 0 Å². The molecule has 0 saturated heterocycles. The first-order valence-electron chi connectivity index (χ1n) is 7.44. The molecule has 1 N–H and O–H groups in total. The highest BCUT2D eigenvalue weighted by molar-refractivity contribution is 7.92. The van der Waals surface area contributed by atoms with Gasteiger partial charge in [0.05, 0.1) is 11.4 Å². The van der Waals surface area contributed by atoms with Gasteiger partial charge in [-0.25, -0.2) is 8.42 Å². The van der Waals surface area contributed by atoms with Crippen LogP contribution in [-0.2, 0) is 20.4 Å². The molecule has 7 heteroatoms. The van der Waals surface area contributed by atoms with E-state index in [1.54, 1.807) is 6.07 Å². The minimum absolute atomic E-state index is 0.291. The van der Waals surface area contributed by atoms with Gasteiger partial charge in [0, 0.05) is 18.2 Å². The van der Waals surface area contributed by atoms with Crippen molar-refractivity contribution in [1.82, 2.24) is 10.5 Å².